The van der Waals surface area contributed by atoms with E-state index in [1.165, 1.54) is 12.5 Å². The number of rotatable bonds is 3. The van der Waals surface area contributed by atoms with Crippen molar-refractivity contribution in [2.24, 2.45) is 10.8 Å². The highest BCUT2D eigenvalue weighted by molar-refractivity contribution is 6.30. The molecule has 0 unspecified atom stereocenters. The van der Waals surface area contributed by atoms with Gasteiger partial charge in [-0.3, -0.25) is 0 Å². The van der Waals surface area contributed by atoms with E-state index in [4.69, 9.17) is 11.6 Å². The highest BCUT2D eigenvalue weighted by atomic mass is 35.5. The number of halogens is 2. The van der Waals surface area contributed by atoms with Crippen molar-refractivity contribution in [1.29, 1.82) is 0 Å². The molecule has 1 nitrogen and oxygen atoms in total. The molecule has 0 amide bonds. The highest BCUT2D eigenvalue weighted by Gasteiger charge is 2.38. The topological polar surface area (TPSA) is 12.0 Å². The average Bonchev–Trinajstić information content (AvgIpc) is 2.23. The molecule has 3 heteroatoms. The van der Waals surface area contributed by atoms with Crippen LogP contribution in [0.2, 0.25) is 5.02 Å². The van der Waals surface area contributed by atoms with Gasteiger partial charge < -0.3 is 5.32 Å². The molecular weight excluding hydrogens is 273 g/mol. The van der Waals surface area contributed by atoms with E-state index < -0.39 is 0 Å². The molecule has 0 heterocycles. The molecule has 2 rings (SSSR count). The smallest absolute Gasteiger partial charge is 0.129 e. The van der Waals surface area contributed by atoms with Crippen molar-refractivity contribution in [3.05, 3.63) is 34.6 Å². The van der Waals surface area contributed by atoms with Gasteiger partial charge in [-0.05, 0) is 42.2 Å². The monoisotopic (exact) mass is 297 g/mol. The van der Waals surface area contributed by atoms with Crippen LogP contribution in [-0.2, 0) is 6.54 Å². The van der Waals surface area contributed by atoms with Crippen molar-refractivity contribution in [3.8, 4) is 0 Å². The van der Waals surface area contributed by atoms with Crippen LogP contribution in [0, 0.1) is 16.6 Å². The molecule has 1 aromatic carbocycles. The summed E-state index contributed by atoms with van der Waals surface area (Å²) < 4.78 is 13.8. The van der Waals surface area contributed by atoms with Crippen LogP contribution in [0.25, 0.3) is 0 Å². The van der Waals surface area contributed by atoms with Crippen LogP contribution in [0.5, 0.6) is 0 Å². The third-order valence-electron chi connectivity index (χ3n) is 4.15. The van der Waals surface area contributed by atoms with Crippen molar-refractivity contribution in [1.82, 2.24) is 5.32 Å². The Morgan fingerprint density at radius 2 is 1.80 bits per heavy atom. The maximum Gasteiger partial charge on any atom is 0.129 e. The van der Waals surface area contributed by atoms with Gasteiger partial charge in [-0.2, -0.15) is 0 Å². The lowest BCUT2D eigenvalue weighted by atomic mass is 9.63. The molecule has 0 atom stereocenters. The van der Waals surface area contributed by atoms with Crippen molar-refractivity contribution in [3.63, 3.8) is 0 Å². The zero-order valence-corrected chi connectivity index (χ0v) is 13.6. The summed E-state index contributed by atoms with van der Waals surface area (Å²) in [6.45, 7) is 9.87. The van der Waals surface area contributed by atoms with E-state index in [2.05, 4.69) is 33.0 Å². The minimum Gasteiger partial charge on any atom is -0.310 e. The van der Waals surface area contributed by atoms with Gasteiger partial charge in [-0.1, -0.05) is 45.4 Å². The van der Waals surface area contributed by atoms with Gasteiger partial charge in [0.15, 0.2) is 0 Å². The summed E-state index contributed by atoms with van der Waals surface area (Å²) in [4.78, 5) is 0. The zero-order chi connectivity index (χ0) is 15.0. The number of benzene rings is 1. The summed E-state index contributed by atoms with van der Waals surface area (Å²) in [7, 11) is 0. The predicted octanol–water partition coefficient (Wildman–Crippen LogP) is 5.17. The molecule has 1 N–H and O–H groups in total. The van der Waals surface area contributed by atoms with Crippen LogP contribution in [-0.4, -0.2) is 6.04 Å². The average molecular weight is 298 g/mol. The van der Waals surface area contributed by atoms with E-state index in [0.29, 0.717) is 34.0 Å². The predicted molar refractivity (Wildman–Crippen MR) is 83.5 cm³/mol. The Labute approximate surface area is 126 Å². The molecule has 20 heavy (non-hydrogen) atoms. The summed E-state index contributed by atoms with van der Waals surface area (Å²) in [5.41, 5.74) is 1.38. The lowest BCUT2D eigenvalue weighted by molar-refractivity contribution is 0.0844. The SMILES string of the molecule is CC1(C)CC(NCc2ccc(Cl)cc2F)CC(C)(C)C1. The minimum atomic E-state index is -0.223. The second-order valence-electron chi connectivity index (χ2n) is 7.73. The first kappa shape index (κ1) is 15.8. The Kier molecular flexibility index (Phi) is 4.46. The van der Waals surface area contributed by atoms with Gasteiger partial charge in [0, 0.05) is 23.2 Å². The number of hydrogen-bond acceptors (Lipinski definition) is 1. The van der Waals surface area contributed by atoms with Gasteiger partial charge >= 0.3 is 0 Å². The number of nitrogens with one attached hydrogen (secondary N) is 1. The van der Waals surface area contributed by atoms with Gasteiger partial charge in [-0.25, -0.2) is 4.39 Å². The summed E-state index contributed by atoms with van der Waals surface area (Å²) in [6, 6.07) is 5.34. The molecule has 0 bridgehead atoms. The summed E-state index contributed by atoms with van der Waals surface area (Å²) in [6.07, 6.45) is 3.53. The lowest BCUT2D eigenvalue weighted by Gasteiger charge is -2.45. The molecule has 112 valence electrons. The molecule has 1 saturated carbocycles. The quantitative estimate of drug-likeness (QED) is 0.811. The molecule has 0 saturated heterocycles. The molecule has 1 aliphatic rings. The van der Waals surface area contributed by atoms with Gasteiger partial charge in [0.2, 0.25) is 0 Å². The van der Waals surface area contributed by atoms with Crippen molar-refractivity contribution >= 4 is 11.6 Å². The van der Waals surface area contributed by atoms with Gasteiger partial charge in [0.05, 0.1) is 0 Å². The molecular formula is C17H25ClFN. The molecule has 1 aliphatic carbocycles. The molecule has 0 aromatic heterocycles. The Balaban J connectivity index is 2.00. The van der Waals surface area contributed by atoms with E-state index in [-0.39, 0.29) is 5.82 Å². The van der Waals surface area contributed by atoms with Crippen LogP contribution in [0.4, 0.5) is 4.39 Å². The Morgan fingerprint density at radius 1 is 1.20 bits per heavy atom. The standard InChI is InChI=1S/C17H25ClFN/c1-16(2)8-14(9-17(3,4)11-16)20-10-12-5-6-13(18)7-15(12)19/h5-7,14,20H,8-11H2,1-4H3. The molecule has 0 spiro atoms. The minimum absolute atomic E-state index is 0.223. The van der Waals surface area contributed by atoms with E-state index in [0.717, 1.165) is 12.8 Å². The van der Waals surface area contributed by atoms with Crippen LogP contribution < -0.4 is 5.32 Å². The Hall–Kier alpha value is -0.600. The molecule has 0 radical (unpaired) electrons. The second kappa shape index (κ2) is 5.65. The van der Waals surface area contributed by atoms with Crippen molar-refractivity contribution in [2.75, 3.05) is 0 Å². The first-order valence-electron chi connectivity index (χ1n) is 7.34. The fraction of sp³-hybridized carbons (Fsp3) is 0.647. The maximum atomic E-state index is 13.8. The lowest BCUT2D eigenvalue weighted by Crippen LogP contribution is -2.43. The second-order valence-corrected chi connectivity index (χ2v) is 8.16. The largest absolute Gasteiger partial charge is 0.310 e. The fourth-order valence-electron chi connectivity index (χ4n) is 3.91. The van der Waals surface area contributed by atoms with E-state index in [9.17, 15) is 4.39 Å². The van der Waals surface area contributed by atoms with Gasteiger partial charge in [0.25, 0.3) is 0 Å². The van der Waals surface area contributed by atoms with Crippen molar-refractivity contribution < 1.29 is 4.39 Å². The van der Waals surface area contributed by atoms with Crippen LogP contribution in [0.3, 0.4) is 0 Å². The zero-order valence-electron chi connectivity index (χ0n) is 12.9. The van der Waals surface area contributed by atoms with E-state index in [1.54, 1.807) is 12.1 Å². The molecule has 0 aliphatic heterocycles. The third-order valence-corrected chi connectivity index (χ3v) is 4.39. The summed E-state index contributed by atoms with van der Waals surface area (Å²) in [5.74, 6) is -0.223. The van der Waals surface area contributed by atoms with E-state index >= 15 is 0 Å². The van der Waals surface area contributed by atoms with E-state index in [1.807, 2.05) is 0 Å². The fourth-order valence-corrected chi connectivity index (χ4v) is 4.07. The maximum absolute atomic E-state index is 13.8. The van der Waals surface area contributed by atoms with Gasteiger partial charge in [0.1, 0.15) is 5.82 Å². The Morgan fingerprint density at radius 3 is 2.35 bits per heavy atom. The van der Waals surface area contributed by atoms with Crippen molar-refractivity contribution in [2.45, 2.75) is 59.5 Å². The molecule has 1 fully saturated rings. The van der Waals surface area contributed by atoms with Crippen LogP contribution >= 0.6 is 11.6 Å². The Bertz CT molecular complexity index is 466. The van der Waals surface area contributed by atoms with Crippen LogP contribution in [0.15, 0.2) is 18.2 Å². The van der Waals surface area contributed by atoms with Crippen LogP contribution in [0.1, 0.15) is 52.5 Å². The number of hydrogen-bond donors (Lipinski definition) is 1. The normalized spacial score (nSPS) is 21.9. The summed E-state index contributed by atoms with van der Waals surface area (Å²) >= 11 is 5.78. The highest BCUT2D eigenvalue weighted by Crippen LogP contribution is 2.45. The van der Waals surface area contributed by atoms with Gasteiger partial charge in [-0.15, -0.1) is 0 Å². The third kappa shape index (κ3) is 4.20. The first-order valence-corrected chi connectivity index (χ1v) is 7.72. The molecule has 1 aromatic rings. The summed E-state index contributed by atoms with van der Waals surface area (Å²) in [5, 5.41) is 3.98. The first-order chi connectivity index (χ1) is 9.17.